The van der Waals surface area contributed by atoms with Crippen molar-refractivity contribution in [1.82, 2.24) is 25.3 Å². The van der Waals surface area contributed by atoms with Crippen molar-refractivity contribution in [3.63, 3.8) is 0 Å². The maximum atomic E-state index is 5.82. The van der Waals surface area contributed by atoms with Crippen LogP contribution in [-0.4, -0.2) is 32.5 Å². The maximum absolute atomic E-state index is 5.82. The summed E-state index contributed by atoms with van der Waals surface area (Å²) in [6, 6.07) is 14.5. The molecule has 0 amide bonds. The van der Waals surface area contributed by atoms with Crippen molar-refractivity contribution < 1.29 is 4.74 Å². The van der Waals surface area contributed by atoms with Gasteiger partial charge in [-0.3, -0.25) is 0 Å². The van der Waals surface area contributed by atoms with Gasteiger partial charge in [-0.1, -0.05) is 12.1 Å². The SMILES string of the molecule is C#Cc1nc(Nc2ccc(Oc3cncnc3)c(C)c2)c2ccccc2n1.C1CC2NCC12. The van der Waals surface area contributed by atoms with Crippen molar-refractivity contribution in [2.24, 2.45) is 5.92 Å². The lowest BCUT2D eigenvalue weighted by Crippen LogP contribution is -2.59. The molecule has 1 saturated carbocycles. The van der Waals surface area contributed by atoms with Crippen LogP contribution >= 0.6 is 0 Å². The Balaban J connectivity index is 0.000000324. The van der Waals surface area contributed by atoms with Crippen molar-refractivity contribution in [2.45, 2.75) is 25.8 Å². The standard InChI is InChI=1S/C21H15N5O.C5H9N/c1-3-20-25-18-7-5-4-6-17(18)21(26-20)24-15-8-9-19(14(2)10-15)27-16-11-22-13-23-12-16;1-2-5-4(1)3-6-5/h1,4-13H,2H3,(H,24,25,26);4-6H,1-3H2. The molecule has 0 radical (unpaired) electrons. The van der Waals surface area contributed by atoms with Crippen LogP contribution in [0.25, 0.3) is 10.9 Å². The summed E-state index contributed by atoms with van der Waals surface area (Å²) < 4.78 is 5.82. The highest BCUT2D eigenvalue weighted by Crippen LogP contribution is 2.33. The molecule has 1 aliphatic heterocycles. The molecule has 3 heterocycles. The van der Waals surface area contributed by atoms with Crippen LogP contribution in [0.4, 0.5) is 11.5 Å². The van der Waals surface area contributed by atoms with E-state index in [4.69, 9.17) is 11.2 Å². The number of nitrogens with one attached hydrogen (secondary N) is 2. The molecule has 6 rings (SSSR count). The van der Waals surface area contributed by atoms with Gasteiger partial charge in [0.05, 0.1) is 17.9 Å². The molecule has 2 aromatic carbocycles. The van der Waals surface area contributed by atoms with Crippen LogP contribution in [-0.2, 0) is 0 Å². The molecular formula is C26H24N6O. The summed E-state index contributed by atoms with van der Waals surface area (Å²) in [5.41, 5.74) is 2.62. The zero-order chi connectivity index (χ0) is 22.6. The van der Waals surface area contributed by atoms with E-state index in [0.717, 1.165) is 39.9 Å². The molecule has 7 heteroatoms. The zero-order valence-electron chi connectivity index (χ0n) is 18.3. The third kappa shape index (κ3) is 4.61. The molecule has 1 saturated heterocycles. The molecule has 0 bridgehead atoms. The lowest BCUT2D eigenvalue weighted by molar-refractivity contribution is 0.111. The quantitative estimate of drug-likeness (QED) is 0.452. The topological polar surface area (TPSA) is 84.9 Å². The van der Waals surface area contributed by atoms with Gasteiger partial charge in [-0.25, -0.2) is 19.9 Å². The molecule has 164 valence electrons. The van der Waals surface area contributed by atoms with Crippen molar-refractivity contribution in [2.75, 3.05) is 11.9 Å². The van der Waals surface area contributed by atoms with Crippen molar-refractivity contribution in [3.8, 4) is 23.8 Å². The van der Waals surface area contributed by atoms with Crippen molar-refractivity contribution >= 4 is 22.4 Å². The molecule has 4 aromatic rings. The van der Waals surface area contributed by atoms with Crippen LogP contribution in [0.5, 0.6) is 11.5 Å². The van der Waals surface area contributed by atoms with E-state index in [9.17, 15) is 0 Å². The third-order valence-corrected chi connectivity index (χ3v) is 5.99. The van der Waals surface area contributed by atoms with Gasteiger partial charge in [-0.15, -0.1) is 6.42 Å². The van der Waals surface area contributed by atoms with Gasteiger partial charge in [-0.05, 0) is 74.0 Å². The smallest absolute Gasteiger partial charge is 0.207 e. The second kappa shape index (κ2) is 9.23. The number of fused-ring (bicyclic) bond motifs is 2. The van der Waals surface area contributed by atoms with E-state index in [-0.39, 0.29) is 0 Å². The monoisotopic (exact) mass is 436 g/mol. The Morgan fingerprint density at radius 2 is 1.91 bits per heavy atom. The number of terminal acetylenes is 1. The van der Waals surface area contributed by atoms with Gasteiger partial charge in [0.2, 0.25) is 5.82 Å². The Labute approximate surface area is 192 Å². The minimum absolute atomic E-state index is 0.344. The number of benzene rings is 2. The lowest BCUT2D eigenvalue weighted by Gasteiger charge is -2.47. The summed E-state index contributed by atoms with van der Waals surface area (Å²) in [5, 5.41) is 7.57. The molecule has 2 atom stereocenters. The van der Waals surface area contributed by atoms with Gasteiger partial charge in [0.1, 0.15) is 17.9 Å². The Morgan fingerprint density at radius 1 is 1.09 bits per heavy atom. The molecule has 2 fully saturated rings. The highest BCUT2D eigenvalue weighted by molar-refractivity contribution is 5.91. The van der Waals surface area contributed by atoms with Gasteiger partial charge in [0, 0.05) is 17.1 Å². The molecule has 7 nitrogen and oxygen atoms in total. The van der Waals surface area contributed by atoms with Crippen LogP contribution in [0.15, 0.2) is 61.2 Å². The number of hydrogen-bond donors (Lipinski definition) is 2. The average Bonchev–Trinajstić information content (AvgIpc) is 2.84. The first-order valence-electron chi connectivity index (χ1n) is 11.0. The summed E-state index contributed by atoms with van der Waals surface area (Å²) in [5.74, 6) is 5.92. The van der Waals surface area contributed by atoms with Crippen LogP contribution in [0.3, 0.4) is 0 Å². The number of hydrogen-bond acceptors (Lipinski definition) is 7. The number of aromatic nitrogens is 4. The number of rotatable bonds is 4. The average molecular weight is 437 g/mol. The first-order valence-corrected chi connectivity index (χ1v) is 11.0. The Kier molecular flexibility index (Phi) is 5.83. The van der Waals surface area contributed by atoms with E-state index in [1.54, 1.807) is 12.4 Å². The zero-order valence-corrected chi connectivity index (χ0v) is 18.3. The van der Waals surface area contributed by atoms with Crippen molar-refractivity contribution in [3.05, 3.63) is 72.6 Å². The Morgan fingerprint density at radius 3 is 2.55 bits per heavy atom. The summed E-state index contributed by atoms with van der Waals surface area (Å²) in [7, 11) is 0. The lowest BCUT2D eigenvalue weighted by atomic mass is 9.74. The number of anilines is 2. The van der Waals surface area contributed by atoms with Crippen LogP contribution < -0.4 is 15.4 Å². The summed E-state index contributed by atoms with van der Waals surface area (Å²) in [6.07, 6.45) is 13.1. The van der Waals surface area contributed by atoms with Crippen molar-refractivity contribution in [1.29, 1.82) is 0 Å². The van der Waals surface area contributed by atoms with Gasteiger partial charge in [-0.2, -0.15) is 0 Å². The van der Waals surface area contributed by atoms with Crippen LogP contribution in [0.2, 0.25) is 0 Å². The minimum Gasteiger partial charge on any atom is -0.454 e. The minimum atomic E-state index is 0.344. The largest absolute Gasteiger partial charge is 0.454 e. The molecule has 33 heavy (non-hydrogen) atoms. The predicted octanol–water partition coefficient (Wildman–Crippen LogP) is 4.61. The fraction of sp³-hybridized carbons (Fsp3) is 0.231. The van der Waals surface area contributed by atoms with E-state index in [1.165, 1.54) is 25.7 Å². The van der Waals surface area contributed by atoms with E-state index in [1.807, 2.05) is 49.4 Å². The fourth-order valence-corrected chi connectivity index (χ4v) is 3.90. The molecular weight excluding hydrogens is 412 g/mol. The normalized spacial score (nSPS) is 17.9. The second-order valence-corrected chi connectivity index (χ2v) is 8.19. The molecule has 2 N–H and O–H groups in total. The van der Waals surface area contributed by atoms with E-state index in [0.29, 0.717) is 17.4 Å². The molecule has 2 aromatic heterocycles. The fourth-order valence-electron chi connectivity index (χ4n) is 3.90. The van der Waals surface area contributed by atoms with E-state index < -0.39 is 0 Å². The summed E-state index contributed by atoms with van der Waals surface area (Å²) in [6.45, 7) is 3.28. The molecule has 0 spiro atoms. The number of ether oxygens (including phenoxy) is 1. The van der Waals surface area contributed by atoms with E-state index >= 15 is 0 Å². The Bertz CT molecular complexity index is 1300. The number of piperidine rings is 1. The first-order chi connectivity index (χ1) is 16.2. The van der Waals surface area contributed by atoms with Gasteiger partial charge < -0.3 is 15.4 Å². The first kappa shape index (κ1) is 20.9. The van der Waals surface area contributed by atoms with Gasteiger partial charge >= 0.3 is 0 Å². The number of nitrogens with zero attached hydrogens (tertiary/aromatic N) is 4. The molecule has 2 unspecified atom stereocenters. The summed E-state index contributed by atoms with van der Waals surface area (Å²) in [4.78, 5) is 16.7. The summed E-state index contributed by atoms with van der Waals surface area (Å²) >= 11 is 0. The van der Waals surface area contributed by atoms with Crippen LogP contribution in [0, 0.1) is 25.2 Å². The maximum Gasteiger partial charge on any atom is 0.207 e. The number of aryl methyl sites for hydroxylation is 1. The second-order valence-electron chi connectivity index (χ2n) is 8.19. The predicted molar refractivity (Wildman–Crippen MR) is 129 cm³/mol. The van der Waals surface area contributed by atoms with Crippen LogP contribution in [0.1, 0.15) is 24.2 Å². The van der Waals surface area contributed by atoms with E-state index in [2.05, 4.69) is 36.5 Å². The number of para-hydroxylation sites is 1. The third-order valence-electron chi connectivity index (χ3n) is 5.99. The Hall–Kier alpha value is -4.02. The highest BCUT2D eigenvalue weighted by atomic mass is 16.5. The molecule has 1 aliphatic carbocycles. The van der Waals surface area contributed by atoms with Gasteiger partial charge in [0.25, 0.3) is 0 Å². The van der Waals surface area contributed by atoms with Gasteiger partial charge in [0.15, 0.2) is 5.75 Å². The molecule has 2 aliphatic rings. The highest BCUT2D eigenvalue weighted by Gasteiger charge is 2.37.